The highest BCUT2D eigenvalue weighted by Gasteiger charge is 2.44. The Kier molecular flexibility index (Phi) is 9.80. The van der Waals surface area contributed by atoms with Gasteiger partial charge in [-0.05, 0) is 42.2 Å². The van der Waals surface area contributed by atoms with Gasteiger partial charge in [-0.2, -0.15) is 0 Å². The van der Waals surface area contributed by atoms with Crippen LogP contribution >= 0.6 is 24.0 Å². The lowest BCUT2D eigenvalue weighted by molar-refractivity contribution is -0.253. The molecule has 1 fully saturated rings. The predicted molar refractivity (Wildman–Crippen MR) is 129 cm³/mol. The van der Waals surface area contributed by atoms with Crippen molar-refractivity contribution >= 4 is 36.7 Å². The number of ether oxygens (including phenoxy) is 4. The Labute approximate surface area is 192 Å². The van der Waals surface area contributed by atoms with Crippen molar-refractivity contribution in [2.45, 2.75) is 76.5 Å². The largest absolute Gasteiger partial charge is 0.470 e. The van der Waals surface area contributed by atoms with E-state index in [1.165, 1.54) is 11.8 Å². The maximum Gasteiger partial charge on any atom is 0.220 e. The average Bonchev–Trinajstić information content (AvgIpc) is 2.71. The molecule has 0 N–H and O–H groups in total. The van der Waals surface area contributed by atoms with Crippen LogP contribution in [0.1, 0.15) is 32.8 Å². The van der Waals surface area contributed by atoms with Gasteiger partial charge in [0, 0.05) is 13.5 Å². The van der Waals surface area contributed by atoms with Crippen molar-refractivity contribution in [1.29, 1.82) is 0 Å². The zero-order valence-corrected chi connectivity index (χ0v) is 21.8. The van der Waals surface area contributed by atoms with Crippen molar-refractivity contribution in [3.8, 4) is 0 Å². The molecule has 0 amide bonds. The van der Waals surface area contributed by atoms with Crippen LogP contribution in [-0.2, 0) is 30.0 Å². The average molecular weight is 473 g/mol. The maximum atomic E-state index is 6.46. The molecule has 2 rings (SSSR count). The van der Waals surface area contributed by atoms with Crippen molar-refractivity contribution in [1.82, 2.24) is 0 Å². The summed E-state index contributed by atoms with van der Waals surface area (Å²) in [5.41, 5.74) is 1.11. The Morgan fingerprint density at radius 1 is 1.23 bits per heavy atom. The standard InChI is InChI=1S/C22H36O5S2Si/c1-22(2,3)30(6,7)25-15-18-20(27-21(28)29-5)17(13-19(23-4)26-18)24-14-16-11-9-8-10-12-16/h8-12,17-20H,13-15H2,1-7H3/t17-,18-,19+,20+/m1/s1. The van der Waals surface area contributed by atoms with Crippen LogP contribution in [0.2, 0.25) is 18.1 Å². The summed E-state index contributed by atoms with van der Waals surface area (Å²) in [7, 11) is -0.296. The van der Waals surface area contributed by atoms with Crippen LogP contribution in [0, 0.1) is 0 Å². The summed E-state index contributed by atoms with van der Waals surface area (Å²) in [5, 5.41) is 0.108. The summed E-state index contributed by atoms with van der Waals surface area (Å²) < 4.78 is 31.1. The van der Waals surface area contributed by atoms with Gasteiger partial charge in [-0.25, -0.2) is 0 Å². The van der Waals surface area contributed by atoms with Gasteiger partial charge < -0.3 is 23.4 Å². The van der Waals surface area contributed by atoms with Crippen LogP contribution in [0.4, 0.5) is 0 Å². The fraction of sp³-hybridized carbons (Fsp3) is 0.682. The van der Waals surface area contributed by atoms with E-state index in [1.807, 2.05) is 36.6 Å². The minimum absolute atomic E-state index is 0.108. The number of hydrogen-bond acceptors (Lipinski definition) is 7. The number of benzene rings is 1. The van der Waals surface area contributed by atoms with Gasteiger partial charge in [-0.3, -0.25) is 0 Å². The fourth-order valence-electron chi connectivity index (χ4n) is 2.94. The summed E-state index contributed by atoms with van der Waals surface area (Å²) in [6, 6.07) is 10.1. The van der Waals surface area contributed by atoms with Crippen molar-refractivity contribution < 1.29 is 23.4 Å². The topological polar surface area (TPSA) is 46.2 Å². The molecule has 0 spiro atoms. The van der Waals surface area contributed by atoms with Crippen LogP contribution in [0.15, 0.2) is 30.3 Å². The third-order valence-corrected chi connectivity index (χ3v) is 11.4. The highest BCUT2D eigenvalue weighted by molar-refractivity contribution is 8.22. The molecule has 0 bridgehead atoms. The van der Waals surface area contributed by atoms with Gasteiger partial charge in [0.05, 0.1) is 13.2 Å². The van der Waals surface area contributed by atoms with Gasteiger partial charge in [-0.1, -0.05) is 62.9 Å². The summed E-state index contributed by atoms with van der Waals surface area (Å²) in [5.74, 6) is 0. The zero-order chi connectivity index (χ0) is 22.4. The normalized spacial score (nSPS) is 25.2. The summed E-state index contributed by atoms with van der Waals surface area (Å²) in [6.45, 7) is 12.0. The van der Waals surface area contributed by atoms with Gasteiger partial charge in [0.15, 0.2) is 20.7 Å². The first-order chi connectivity index (χ1) is 14.1. The zero-order valence-electron chi connectivity index (χ0n) is 19.2. The molecule has 1 aliphatic heterocycles. The minimum atomic E-state index is -1.95. The highest BCUT2D eigenvalue weighted by Crippen LogP contribution is 2.37. The van der Waals surface area contributed by atoms with Gasteiger partial charge in [-0.15, -0.1) is 0 Å². The first-order valence-electron chi connectivity index (χ1n) is 10.3. The number of methoxy groups -OCH3 is 1. The number of thioether (sulfide) groups is 1. The molecule has 1 heterocycles. The lowest BCUT2D eigenvalue weighted by Crippen LogP contribution is -2.55. The van der Waals surface area contributed by atoms with Crippen molar-refractivity contribution in [3.05, 3.63) is 35.9 Å². The van der Waals surface area contributed by atoms with E-state index in [0.717, 1.165) is 5.56 Å². The summed E-state index contributed by atoms with van der Waals surface area (Å²) in [6.07, 6.45) is 1.20. The molecule has 1 saturated heterocycles. The quantitative estimate of drug-likeness (QED) is 0.371. The fourth-order valence-corrected chi connectivity index (χ4v) is 4.27. The van der Waals surface area contributed by atoms with E-state index < -0.39 is 8.32 Å². The number of thiocarbonyl (C=S) groups is 1. The van der Waals surface area contributed by atoms with E-state index in [-0.39, 0.29) is 29.6 Å². The van der Waals surface area contributed by atoms with Gasteiger partial charge in [0.2, 0.25) is 4.38 Å². The molecule has 0 aromatic heterocycles. The molecule has 30 heavy (non-hydrogen) atoms. The maximum absolute atomic E-state index is 6.46. The second-order valence-electron chi connectivity index (χ2n) is 9.02. The van der Waals surface area contributed by atoms with Crippen LogP contribution in [0.5, 0.6) is 0 Å². The Balaban J connectivity index is 2.17. The predicted octanol–water partition coefficient (Wildman–Crippen LogP) is 5.39. The third-order valence-electron chi connectivity index (χ3n) is 5.87. The van der Waals surface area contributed by atoms with Crippen molar-refractivity contribution in [2.24, 2.45) is 0 Å². The number of hydrogen-bond donors (Lipinski definition) is 0. The molecule has 1 aliphatic rings. The molecule has 1 aromatic rings. The van der Waals surface area contributed by atoms with Gasteiger partial charge in [0.25, 0.3) is 0 Å². The molecule has 0 unspecified atom stereocenters. The first kappa shape index (κ1) is 25.8. The van der Waals surface area contributed by atoms with E-state index >= 15 is 0 Å². The Morgan fingerprint density at radius 3 is 2.47 bits per heavy atom. The van der Waals surface area contributed by atoms with Gasteiger partial charge >= 0.3 is 0 Å². The first-order valence-corrected chi connectivity index (χ1v) is 14.8. The smallest absolute Gasteiger partial charge is 0.220 e. The summed E-state index contributed by atoms with van der Waals surface area (Å²) >= 11 is 6.77. The van der Waals surface area contributed by atoms with E-state index in [1.54, 1.807) is 7.11 Å². The van der Waals surface area contributed by atoms with E-state index in [9.17, 15) is 0 Å². The van der Waals surface area contributed by atoms with Crippen molar-refractivity contribution in [3.63, 3.8) is 0 Å². The number of rotatable bonds is 8. The molecule has 5 nitrogen and oxygen atoms in total. The molecule has 0 saturated carbocycles. The lowest BCUT2D eigenvalue weighted by atomic mass is 10.0. The second kappa shape index (κ2) is 11.4. The van der Waals surface area contributed by atoms with Gasteiger partial charge in [0.1, 0.15) is 12.2 Å². The SMILES string of the molecule is CO[C@@H]1C[C@@H](OCc2ccccc2)[C@H](OC(=S)SC)[C@@H](CO[Si](C)(C)C(C)(C)C)O1. The molecule has 0 aliphatic carbocycles. The van der Waals surface area contributed by atoms with E-state index in [4.69, 9.17) is 35.6 Å². The van der Waals surface area contributed by atoms with Crippen LogP contribution in [0.25, 0.3) is 0 Å². The second-order valence-corrected chi connectivity index (χ2v) is 15.2. The van der Waals surface area contributed by atoms with E-state index in [0.29, 0.717) is 24.0 Å². The third kappa shape index (κ3) is 7.29. The Morgan fingerprint density at radius 2 is 1.90 bits per heavy atom. The molecular formula is C22H36O5S2Si. The Hall–Kier alpha value is -0.483. The Bertz CT molecular complexity index is 665. The lowest BCUT2D eigenvalue weighted by Gasteiger charge is -2.43. The molecule has 170 valence electrons. The molecule has 0 radical (unpaired) electrons. The molecule has 4 atom stereocenters. The van der Waals surface area contributed by atoms with E-state index in [2.05, 4.69) is 33.9 Å². The molecule has 8 heteroatoms. The monoisotopic (exact) mass is 472 g/mol. The minimum Gasteiger partial charge on any atom is -0.470 e. The summed E-state index contributed by atoms with van der Waals surface area (Å²) in [4.78, 5) is 0. The van der Waals surface area contributed by atoms with Crippen LogP contribution in [0.3, 0.4) is 0 Å². The molecule has 1 aromatic carbocycles. The molecular weight excluding hydrogens is 436 g/mol. The van der Waals surface area contributed by atoms with Crippen molar-refractivity contribution in [2.75, 3.05) is 20.0 Å². The highest BCUT2D eigenvalue weighted by atomic mass is 32.2. The van der Waals surface area contributed by atoms with Crippen LogP contribution < -0.4 is 0 Å². The van der Waals surface area contributed by atoms with Crippen LogP contribution in [-0.4, -0.2) is 57.3 Å².